The molecule has 8 heteroatoms. The van der Waals surface area contributed by atoms with E-state index in [9.17, 15) is 8.42 Å². The summed E-state index contributed by atoms with van der Waals surface area (Å²) in [7, 11) is -3.71. The van der Waals surface area contributed by atoms with Gasteiger partial charge in [0, 0.05) is 4.88 Å². The molecule has 0 saturated carbocycles. The van der Waals surface area contributed by atoms with Gasteiger partial charge >= 0.3 is 0 Å². The normalized spacial score (nSPS) is 11.9. The van der Waals surface area contributed by atoms with Gasteiger partial charge in [0.2, 0.25) is 0 Å². The molecular formula is C16H13BrN2O3S2. The number of aromatic nitrogens is 1. The van der Waals surface area contributed by atoms with Crippen molar-refractivity contribution in [3.8, 4) is 0 Å². The summed E-state index contributed by atoms with van der Waals surface area (Å²) in [6.45, 7) is 1.71. The zero-order valence-corrected chi connectivity index (χ0v) is 15.8. The Morgan fingerprint density at radius 2 is 1.92 bits per heavy atom. The van der Waals surface area contributed by atoms with Crippen LogP contribution in [-0.2, 0) is 10.0 Å². The molecule has 0 amide bonds. The third-order valence-electron chi connectivity index (χ3n) is 3.12. The summed E-state index contributed by atoms with van der Waals surface area (Å²) in [5.74, 6) is 0.0716. The molecule has 3 aromatic rings. The fraction of sp³-hybridized carbons (Fsp3) is 0.0625. The molecule has 0 aliphatic carbocycles. The summed E-state index contributed by atoms with van der Waals surface area (Å²) in [5, 5.41) is 3.71. The van der Waals surface area contributed by atoms with Crippen LogP contribution in [0.1, 0.15) is 16.1 Å². The van der Waals surface area contributed by atoms with E-state index in [1.807, 2.05) is 42.5 Å². The number of anilines is 1. The molecule has 0 saturated heterocycles. The van der Waals surface area contributed by atoms with Crippen LogP contribution in [0.25, 0.3) is 12.2 Å². The number of benzene rings is 1. The lowest BCUT2D eigenvalue weighted by atomic mass is 10.2. The molecular weight excluding hydrogens is 412 g/mol. The maximum atomic E-state index is 12.4. The van der Waals surface area contributed by atoms with Gasteiger partial charge in [0.25, 0.3) is 15.9 Å². The Morgan fingerprint density at radius 1 is 1.17 bits per heavy atom. The van der Waals surface area contributed by atoms with Gasteiger partial charge in [0.05, 0.1) is 5.69 Å². The average molecular weight is 425 g/mol. The number of nitrogens with zero attached hydrogens (tertiary/aromatic N) is 1. The number of rotatable bonds is 5. The van der Waals surface area contributed by atoms with Crippen molar-refractivity contribution in [3.05, 3.63) is 63.1 Å². The molecule has 1 aromatic carbocycles. The monoisotopic (exact) mass is 424 g/mol. The smallest absolute Gasteiger partial charge is 0.273 e. The van der Waals surface area contributed by atoms with Gasteiger partial charge in [0.1, 0.15) is 8.68 Å². The first-order valence-electron chi connectivity index (χ1n) is 6.93. The summed E-state index contributed by atoms with van der Waals surface area (Å²) in [4.78, 5) is 0.840. The lowest BCUT2D eigenvalue weighted by Crippen LogP contribution is -2.11. The van der Waals surface area contributed by atoms with E-state index >= 15 is 0 Å². The number of hydrogen-bond acceptors (Lipinski definition) is 5. The lowest BCUT2D eigenvalue weighted by Gasteiger charge is -2.02. The average Bonchev–Trinajstić information content (AvgIpc) is 3.17. The standard InChI is InChI=1S/C16H13BrN2O3S2/c1-11-15(17)16(22-18-11)19-24(20,21)14-10-9-13(23-14)8-7-12-5-3-2-4-6-12/h2-10,19H,1H3. The quantitative estimate of drug-likeness (QED) is 0.639. The minimum Gasteiger partial charge on any atom is -0.336 e. The maximum absolute atomic E-state index is 12.4. The Morgan fingerprint density at radius 3 is 2.58 bits per heavy atom. The molecule has 0 atom stereocenters. The van der Waals surface area contributed by atoms with Crippen LogP contribution in [0.2, 0.25) is 0 Å². The largest absolute Gasteiger partial charge is 0.336 e. The molecule has 1 N–H and O–H groups in total. The van der Waals surface area contributed by atoms with Crippen LogP contribution < -0.4 is 4.72 Å². The molecule has 124 valence electrons. The minimum absolute atomic E-state index is 0.0716. The predicted molar refractivity (Wildman–Crippen MR) is 99.4 cm³/mol. The molecule has 24 heavy (non-hydrogen) atoms. The zero-order valence-electron chi connectivity index (χ0n) is 12.6. The highest BCUT2D eigenvalue weighted by atomic mass is 79.9. The summed E-state index contributed by atoms with van der Waals surface area (Å²) in [5.41, 5.74) is 1.62. The molecule has 0 unspecified atom stereocenters. The molecule has 0 aliphatic heterocycles. The Kier molecular flexibility index (Phi) is 4.88. The van der Waals surface area contributed by atoms with E-state index in [0.29, 0.717) is 10.2 Å². The Hall–Kier alpha value is -1.90. The summed E-state index contributed by atoms with van der Waals surface area (Å²) in [6.07, 6.45) is 3.82. The first-order valence-corrected chi connectivity index (χ1v) is 10.0. The van der Waals surface area contributed by atoms with E-state index in [2.05, 4.69) is 25.8 Å². The molecule has 3 rings (SSSR count). The van der Waals surface area contributed by atoms with Crippen molar-refractivity contribution >= 4 is 55.3 Å². The Bertz CT molecular complexity index is 976. The second-order valence-corrected chi connectivity index (χ2v) is 8.74. The lowest BCUT2D eigenvalue weighted by molar-refractivity contribution is 0.430. The van der Waals surface area contributed by atoms with Gasteiger partial charge in [-0.1, -0.05) is 41.6 Å². The third kappa shape index (κ3) is 3.77. The SMILES string of the molecule is Cc1noc(NS(=O)(=O)c2ccc(C=Cc3ccccc3)s2)c1Br. The van der Waals surface area contributed by atoms with Crippen molar-refractivity contribution in [3.63, 3.8) is 0 Å². The highest BCUT2D eigenvalue weighted by Crippen LogP contribution is 2.30. The van der Waals surface area contributed by atoms with Crippen molar-refractivity contribution in [2.45, 2.75) is 11.1 Å². The molecule has 0 bridgehead atoms. The number of thiophene rings is 1. The van der Waals surface area contributed by atoms with Gasteiger partial charge in [-0.2, -0.15) is 0 Å². The molecule has 2 heterocycles. The molecule has 0 radical (unpaired) electrons. The van der Waals surface area contributed by atoms with Crippen molar-refractivity contribution < 1.29 is 12.9 Å². The number of nitrogens with one attached hydrogen (secondary N) is 1. The van der Waals surface area contributed by atoms with Gasteiger partial charge in [-0.15, -0.1) is 11.3 Å². The molecule has 0 aliphatic rings. The van der Waals surface area contributed by atoms with Gasteiger partial charge in [0.15, 0.2) is 0 Å². The third-order valence-corrected chi connectivity index (χ3v) is 6.93. The van der Waals surface area contributed by atoms with Gasteiger partial charge in [-0.05, 0) is 46.6 Å². The van der Waals surface area contributed by atoms with Crippen LogP contribution in [0.5, 0.6) is 0 Å². The van der Waals surface area contributed by atoms with Crippen LogP contribution >= 0.6 is 27.3 Å². The van der Waals surface area contributed by atoms with E-state index in [4.69, 9.17) is 4.52 Å². The van der Waals surface area contributed by atoms with E-state index in [1.165, 1.54) is 11.3 Å². The van der Waals surface area contributed by atoms with E-state index in [1.54, 1.807) is 19.1 Å². The highest BCUT2D eigenvalue weighted by molar-refractivity contribution is 9.10. The van der Waals surface area contributed by atoms with Crippen molar-refractivity contribution in [1.29, 1.82) is 0 Å². The Balaban J connectivity index is 1.79. The topological polar surface area (TPSA) is 72.2 Å². The van der Waals surface area contributed by atoms with Crippen molar-refractivity contribution in [2.75, 3.05) is 4.72 Å². The fourth-order valence-electron chi connectivity index (χ4n) is 1.91. The van der Waals surface area contributed by atoms with Gasteiger partial charge in [-0.3, -0.25) is 0 Å². The maximum Gasteiger partial charge on any atom is 0.273 e. The second kappa shape index (κ2) is 6.92. The molecule has 0 spiro atoms. The van der Waals surface area contributed by atoms with Gasteiger partial charge < -0.3 is 4.52 Å². The van der Waals surface area contributed by atoms with Gasteiger partial charge in [-0.25, -0.2) is 13.1 Å². The minimum atomic E-state index is -3.71. The Labute approximate surface area is 152 Å². The van der Waals surface area contributed by atoms with Crippen LogP contribution in [-0.4, -0.2) is 13.6 Å². The van der Waals surface area contributed by atoms with Crippen molar-refractivity contribution in [2.24, 2.45) is 0 Å². The predicted octanol–water partition coefficient (Wildman–Crippen LogP) is 4.78. The number of sulfonamides is 1. The summed E-state index contributed by atoms with van der Waals surface area (Å²) >= 11 is 4.42. The first kappa shape index (κ1) is 16.9. The van der Waals surface area contributed by atoms with Crippen molar-refractivity contribution in [1.82, 2.24) is 5.16 Å². The second-order valence-electron chi connectivity index (χ2n) is 4.92. The van der Waals surface area contributed by atoms with Crippen LogP contribution in [0.15, 0.2) is 55.7 Å². The van der Waals surface area contributed by atoms with E-state index in [-0.39, 0.29) is 10.1 Å². The van der Waals surface area contributed by atoms with E-state index in [0.717, 1.165) is 10.4 Å². The van der Waals surface area contributed by atoms with Crippen LogP contribution in [0.4, 0.5) is 5.88 Å². The first-order chi connectivity index (χ1) is 11.5. The van der Waals surface area contributed by atoms with E-state index < -0.39 is 10.0 Å². The summed E-state index contributed by atoms with van der Waals surface area (Å²) in [6, 6.07) is 13.1. The number of hydrogen-bond donors (Lipinski definition) is 1. The fourth-order valence-corrected chi connectivity index (χ4v) is 4.50. The summed E-state index contributed by atoms with van der Waals surface area (Å²) < 4.78 is 32.9. The molecule has 5 nitrogen and oxygen atoms in total. The number of halogens is 1. The number of aryl methyl sites for hydroxylation is 1. The highest BCUT2D eigenvalue weighted by Gasteiger charge is 2.21. The molecule has 0 fully saturated rings. The molecule has 2 aromatic heterocycles. The van der Waals surface area contributed by atoms with Crippen LogP contribution in [0, 0.1) is 6.92 Å². The van der Waals surface area contributed by atoms with Crippen LogP contribution in [0.3, 0.4) is 0 Å². The zero-order chi connectivity index (χ0) is 17.2.